The Morgan fingerprint density at radius 2 is 1.94 bits per heavy atom. The first-order valence-corrected chi connectivity index (χ1v) is 6.65. The topological polar surface area (TPSA) is 32.8 Å². The molecule has 2 aromatic carbocycles. The van der Waals surface area contributed by atoms with Gasteiger partial charge in [0.1, 0.15) is 6.10 Å². The molecule has 0 saturated carbocycles. The second kappa shape index (κ2) is 3.81. The van der Waals surface area contributed by atoms with Crippen LogP contribution in [0.2, 0.25) is 0 Å². The van der Waals surface area contributed by atoms with Gasteiger partial charge in [-0.3, -0.25) is 0 Å². The van der Waals surface area contributed by atoms with Gasteiger partial charge in [-0.1, -0.05) is 30.3 Å². The van der Waals surface area contributed by atoms with Gasteiger partial charge < -0.3 is 9.84 Å². The molecule has 1 aliphatic carbocycles. The molecule has 2 aliphatic rings. The number of rotatable bonds is 3. The maximum Gasteiger partial charge on any atom is 0.107 e. The molecular formula is C16H16O2. The van der Waals surface area contributed by atoms with Crippen LogP contribution in [0.25, 0.3) is 10.8 Å². The number of ether oxygens (including phenoxy) is 1. The van der Waals surface area contributed by atoms with Crippen molar-refractivity contribution in [2.75, 3.05) is 6.61 Å². The van der Waals surface area contributed by atoms with Crippen LogP contribution in [0.15, 0.2) is 30.3 Å². The van der Waals surface area contributed by atoms with Crippen LogP contribution in [0, 0.1) is 0 Å². The lowest BCUT2D eigenvalue weighted by Crippen LogP contribution is -2.17. The normalized spacial score (nSPS) is 22.4. The van der Waals surface area contributed by atoms with Gasteiger partial charge in [0.2, 0.25) is 0 Å². The second-order valence-electron chi connectivity index (χ2n) is 5.37. The molecule has 1 heterocycles. The summed E-state index contributed by atoms with van der Waals surface area (Å²) in [6.45, 7) is 0.711. The van der Waals surface area contributed by atoms with Gasteiger partial charge in [-0.2, -0.15) is 0 Å². The van der Waals surface area contributed by atoms with Crippen molar-refractivity contribution in [3.63, 3.8) is 0 Å². The second-order valence-corrected chi connectivity index (χ2v) is 5.37. The number of hydrogen-bond acceptors (Lipinski definition) is 2. The highest BCUT2D eigenvalue weighted by molar-refractivity contribution is 5.93. The lowest BCUT2D eigenvalue weighted by molar-refractivity contribution is 0.136. The molecule has 1 saturated heterocycles. The summed E-state index contributed by atoms with van der Waals surface area (Å²) in [7, 11) is 0. The van der Waals surface area contributed by atoms with Gasteiger partial charge in [0.25, 0.3) is 0 Å². The van der Waals surface area contributed by atoms with Gasteiger partial charge in [0.05, 0.1) is 12.7 Å². The SMILES string of the molecule is OC(Cc1ccc2c3c(cccc13)CC2)C1CO1. The first kappa shape index (κ1) is 10.5. The maximum atomic E-state index is 10.0. The van der Waals surface area contributed by atoms with Crippen molar-refractivity contribution in [3.05, 3.63) is 47.0 Å². The average Bonchev–Trinajstić information content (AvgIpc) is 3.16. The molecule has 1 aliphatic heterocycles. The summed E-state index contributed by atoms with van der Waals surface area (Å²) >= 11 is 0. The van der Waals surface area contributed by atoms with Crippen LogP contribution >= 0.6 is 0 Å². The van der Waals surface area contributed by atoms with Gasteiger partial charge in [-0.15, -0.1) is 0 Å². The molecule has 2 aromatic rings. The Balaban J connectivity index is 1.81. The van der Waals surface area contributed by atoms with Crippen molar-refractivity contribution in [3.8, 4) is 0 Å². The molecule has 0 bridgehead atoms. The molecule has 4 rings (SSSR count). The summed E-state index contributed by atoms with van der Waals surface area (Å²) in [6, 6.07) is 11.0. The smallest absolute Gasteiger partial charge is 0.107 e. The number of epoxide rings is 1. The van der Waals surface area contributed by atoms with Gasteiger partial charge in [0.15, 0.2) is 0 Å². The number of aryl methyl sites for hydroxylation is 2. The van der Waals surface area contributed by atoms with Gasteiger partial charge in [-0.05, 0) is 40.3 Å². The van der Waals surface area contributed by atoms with Crippen molar-refractivity contribution >= 4 is 10.8 Å². The van der Waals surface area contributed by atoms with Crippen molar-refractivity contribution < 1.29 is 9.84 Å². The number of hydrogen-bond donors (Lipinski definition) is 1. The molecule has 18 heavy (non-hydrogen) atoms. The van der Waals surface area contributed by atoms with Crippen LogP contribution in [0.4, 0.5) is 0 Å². The van der Waals surface area contributed by atoms with Crippen LogP contribution in [0.1, 0.15) is 16.7 Å². The highest BCUT2D eigenvalue weighted by Crippen LogP contribution is 2.33. The van der Waals surface area contributed by atoms with Crippen LogP contribution < -0.4 is 0 Å². The molecule has 2 nitrogen and oxygen atoms in total. The van der Waals surface area contributed by atoms with E-state index in [0.29, 0.717) is 13.0 Å². The Hall–Kier alpha value is -1.38. The standard InChI is InChI=1S/C16H16O2/c17-14(15-9-18-15)8-12-7-6-11-5-4-10-2-1-3-13(12)16(10)11/h1-3,6-7,14-15,17H,4-5,8-9H2. The number of benzene rings is 2. The first-order chi connectivity index (χ1) is 8.83. The zero-order chi connectivity index (χ0) is 12.1. The van der Waals surface area contributed by atoms with E-state index in [0.717, 1.165) is 12.8 Å². The summed E-state index contributed by atoms with van der Waals surface area (Å²) < 4.78 is 5.16. The quantitative estimate of drug-likeness (QED) is 0.835. The Morgan fingerprint density at radius 1 is 1.17 bits per heavy atom. The fraction of sp³-hybridized carbons (Fsp3) is 0.375. The van der Waals surface area contributed by atoms with E-state index in [1.807, 2.05) is 0 Å². The fourth-order valence-corrected chi connectivity index (χ4v) is 3.12. The first-order valence-electron chi connectivity index (χ1n) is 6.65. The monoisotopic (exact) mass is 240 g/mol. The van der Waals surface area contributed by atoms with E-state index >= 15 is 0 Å². The van der Waals surface area contributed by atoms with Crippen molar-refractivity contribution in [1.29, 1.82) is 0 Å². The van der Waals surface area contributed by atoms with Crippen LogP contribution in [-0.2, 0) is 24.0 Å². The minimum Gasteiger partial charge on any atom is -0.390 e. The van der Waals surface area contributed by atoms with Crippen LogP contribution in [0.3, 0.4) is 0 Å². The van der Waals surface area contributed by atoms with Crippen molar-refractivity contribution in [2.24, 2.45) is 0 Å². The molecule has 0 aromatic heterocycles. The van der Waals surface area contributed by atoms with Crippen LogP contribution in [-0.4, -0.2) is 23.9 Å². The van der Waals surface area contributed by atoms with E-state index in [-0.39, 0.29) is 12.2 Å². The Labute approximate surface area is 106 Å². The molecule has 1 N–H and O–H groups in total. The molecule has 2 atom stereocenters. The summed E-state index contributed by atoms with van der Waals surface area (Å²) in [5.41, 5.74) is 4.17. The molecule has 0 radical (unpaired) electrons. The maximum absolute atomic E-state index is 10.0. The lowest BCUT2D eigenvalue weighted by Gasteiger charge is -2.12. The Kier molecular flexibility index (Phi) is 2.23. The minimum absolute atomic E-state index is 0.0630. The predicted octanol–water partition coefficient (Wildman–Crippen LogP) is 2.24. The summed E-state index contributed by atoms with van der Waals surface area (Å²) in [6.07, 6.45) is 2.72. The highest BCUT2D eigenvalue weighted by atomic mass is 16.6. The van der Waals surface area contributed by atoms with E-state index in [4.69, 9.17) is 4.74 Å². The molecular weight excluding hydrogens is 224 g/mol. The third kappa shape index (κ3) is 1.57. The third-order valence-electron chi connectivity index (χ3n) is 4.18. The molecule has 1 fully saturated rings. The number of aliphatic hydroxyl groups excluding tert-OH is 1. The molecule has 2 unspecified atom stereocenters. The van der Waals surface area contributed by atoms with E-state index in [9.17, 15) is 5.11 Å². The van der Waals surface area contributed by atoms with E-state index in [1.165, 1.54) is 27.5 Å². The Morgan fingerprint density at radius 3 is 2.72 bits per heavy atom. The highest BCUT2D eigenvalue weighted by Gasteiger charge is 2.31. The largest absolute Gasteiger partial charge is 0.390 e. The average molecular weight is 240 g/mol. The predicted molar refractivity (Wildman–Crippen MR) is 70.8 cm³/mol. The zero-order valence-corrected chi connectivity index (χ0v) is 10.2. The van der Waals surface area contributed by atoms with Crippen molar-refractivity contribution in [1.82, 2.24) is 0 Å². The van der Waals surface area contributed by atoms with E-state index < -0.39 is 0 Å². The lowest BCUT2D eigenvalue weighted by atomic mass is 9.96. The van der Waals surface area contributed by atoms with Gasteiger partial charge >= 0.3 is 0 Å². The molecule has 2 heteroatoms. The number of aliphatic hydroxyl groups is 1. The minimum atomic E-state index is -0.358. The summed E-state index contributed by atoms with van der Waals surface area (Å²) in [4.78, 5) is 0. The van der Waals surface area contributed by atoms with Gasteiger partial charge in [0, 0.05) is 6.42 Å². The van der Waals surface area contributed by atoms with E-state index in [1.54, 1.807) is 0 Å². The zero-order valence-electron chi connectivity index (χ0n) is 10.2. The van der Waals surface area contributed by atoms with Gasteiger partial charge in [-0.25, -0.2) is 0 Å². The van der Waals surface area contributed by atoms with Crippen LogP contribution in [0.5, 0.6) is 0 Å². The summed E-state index contributed by atoms with van der Waals surface area (Å²) in [5, 5.41) is 12.8. The fourth-order valence-electron chi connectivity index (χ4n) is 3.12. The van der Waals surface area contributed by atoms with E-state index in [2.05, 4.69) is 30.3 Å². The Bertz CT molecular complexity index is 604. The molecule has 0 spiro atoms. The van der Waals surface area contributed by atoms with Crippen molar-refractivity contribution in [2.45, 2.75) is 31.5 Å². The summed E-state index contributed by atoms with van der Waals surface area (Å²) in [5.74, 6) is 0. The molecule has 0 amide bonds. The molecule has 92 valence electrons. The third-order valence-corrected chi connectivity index (χ3v) is 4.18.